The lowest BCUT2D eigenvalue weighted by Gasteiger charge is -2.29. The lowest BCUT2D eigenvalue weighted by atomic mass is 9.88. The van der Waals surface area contributed by atoms with Crippen LogP contribution in [0.2, 0.25) is 0 Å². The van der Waals surface area contributed by atoms with Crippen LogP contribution in [0.15, 0.2) is 53.1 Å². The van der Waals surface area contributed by atoms with Crippen molar-refractivity contribution in [1.82, 2.24) is 4.90 Å². The molecule has 4 rings (SSSR count). The molecule has 2 aliphatic heterocycles. The highest BCUT2D eigenvalue weighted by Gasteiger charge is 2.45. The summed E-state index contributed by atoms with van der Waals surface area (Å²) < 4.78 is 11.1. The number of hydrogen-bond acceptors (Lipinski definition) is 4. The van der Waals surface area contributed by atoms with Gasteiger partial charge in [-0.3, -0.25) is 4.79 Å². The second-order valence-electron chi connectivity index (χ2n) is 6.95. The molecular formula is C20H23NO4. The van der Waals surface area contributed by atoms with Crippen LogP contribution in [0.4, 0.5) is 0 Å². The SMILES string of the molecule is O=C(C1CC2CCC1O2)N(Cc1ccccc1)CC(O)c1ccco1. The molecule has 1 aromatic heterocycles. The molecular weight excluding hydrogens is 318 g/mol. The smallest absolute Gasteiger partial charge is 0.228 e. The number of furan rings is 1. The summed E-state index contributed by atoms with van der Waals surface area (Å²) in [7, 11) is 0. The number of fused-ring (bicyclic) bond motifs is 2. The minimum absolute atomic E-state index is 0.0385. The van der Waals surface area contributed by atoms with Gasteiger partial charge in [-0.15, -0.1) is 0 Å². The third-order valence-corrected chi connectivity index (χ3v) is 5.22. The van der Waals surface area contributed by atoms with E-state index >= 15 is 0 Å². The zero-order chi connectivity index (χ0) is 17.2. The van der Waals surface area contributed by atoms with Crippen LogP contribution in [0.1, 0.15) is 36.7 Å². The summed E-state index contributed by atoms with van der Waals surface area (Å²) in [6.07, 6.45) is 3.78. The van der Waals surface area contributed by atoms with Gasteiger partial charge in [-0.25, -0.2) is 0 Å². The summed E-state index contributed by atoms with van der Waals surface area (Å²) >= 11 is 0. The van der Waals surface area contributed by atoms with Crippen LogP contribution in [0.5, 0.6) is 0 Å². The molecule has 2 fully saturated rings. The lowest BCUT2D eigenvalue weighted by Crippen LogP contribution is -2.41. The quantitative estimate of drug-likeness (QED) is 0.877. The molecule has 5 nitrogen and oxygen atoms in total. The molecule has 4 unspecified atom stereocenters. The van der Waals surface area contributed by atoms with Gasteiger partial charge in [0.2, 0.25) is 5.91 Å². The van der Waals surface area contributed by atoms with E-state index in [4.69, 9.17) is 9.15 Å². The summed E-state index contributed by atoms with van der Waals surface area (Å²) in [5.41, 5.74) is 1.05. The Kier molecular flexibility index (Phi) is 4.59. The van der Waals surface area contributed by atoms with Gasteiger partial charge in [0.15, 0.2) is 0 Å². The van der Waals surface area contributed by atoms with Gasteiger partial charge in [0, 0.05) is 6.54 Å². The summed E-state index contributed by atoms with van der Waals surface area (Å²) in [5, 5.41) is 10.5. The first-order valence-electron chi connectivity index (χ1n) is 8.90. The van der Waals surface area contributed by atoms with E-state index in [1.54, 1.807) is 17.0 Å². The molecule has 2 bridgehead atoms. The Balaban J connectivity index is 1.51. The Morgan fingerprint density at radius 1 is 1.20 bits per heavy atom. The van der Waals surface area contributed by atoms with Crippen molar-refractivity contribution in [2.24, 2.45) is 5.92 Å². The van der Waals surface area contributed by atoms with Crippen molar-refractivity contribution in [3.05, 3.63) is 60.1 Å². The van der Waals surface area contributed by atoms with Crippen molar-refractivity contribution in [3.63, 3.8) is 0 Å². The van der Waals surface area contributed by atoms with Crippen molar-refractivity contribution < 1.29 is 19.1 Å². The highest BCUT2D eigenvalue weighted by molar-refractivity contribution is 5.80. The first-order chi connectivity index (χ1) is 12.2. The van der Waals surface area contributed by atoms with E-state index in [0.717, 1.165) is 24.8 Å². The van der Waals surface area contributed by atoms with Crippen LogP contribution in [0.25, 0.3) is 0 Å². The van der Waals surface area contributed by atoms with E-state index in [9.17, 15) is 9.90 Å². The highest BCUT2D eigenvalue weighted by atomic mass is 16.5. The summed E-state index contributed by atoms with van der Waals surface area (Å²) in [4.78, 5) is 14.9. The normalized spacial score (nSPS) is 25.9. The Morgan fingerprint density at radius 2 is 2.04 bits per heavy atom. The number of rotatable bonds is 6. The molecule has 1 amide bonds. The maximum Gasteiger partial charge on any atom is 0.228 e. The predicted molar refractivity (Wildman–Crippen MR) is 91.5 cm³/mol. The molecule has 2 aromatic rings. The standard InChI is InChI=1S/C20H23NO4/c22-17(19-7-4-10-24-19)13-21(12-14-5-2-1-3-6-14)20(23)16-11-15-8-9-18(16)25-15/h1-7,10,15-18,22H,8-9,11-13H2. The van der Waals surface area contributed by atoms with E-state index in [0.29, 0.717) is 12.3 Å². The van der Waals surface area contributed by atoms with Crippen molar-refractivity contribution in [1.29, 1.82) is 0 Å². The van der Waals surface area contributed by atoms with E-state index in [2.05, 4.69) is 0 Å². The molecule has 25 heavy (non-hydrogen) atoms. The molecule has 1 aromatic carbocycles. The predicted octanol–water partition coefficient (Wildman–Crippen LogP) is 2.91. The minimum atomic E-state index is -0.831. The topological polar surface area (TPSA) is 62.9 Å². The fourth-order valence-electron chi connectivity index (χ4n) is 3.95. The number of carbonyl (C=O) groups is 1. The third-order valence-electron chi connectivity index (χ3n) is 5.22. The molecule has 2 aliphatic rings. The number of carbonyl (C=O) groups excluding carboxylic acids is 1. The zero-order valence-electron chi connectivity index (χ0n) is 14.1. The van der Waals surface area contributed by atoms with Crippen molar-refractivity contribution >= 4 is 5.91 Å². The van der Waals surface area contributed by atoms with Crippen LogP contribution in [0, 0.1) is 5.92 Å². The molecule has 2 saturated heterocycles. The van der Waals surface area contributed by atoms with Gasteiger partial charge in [0.1, 0.15) is 11.9 Å². The van der Waals surface area contributed by atoms with Crippen molar-refractivity contribution in [2.45, 2.75) is 44.1 Å². The molecule has 0 saturated carbocycles. The van der Waals surface area contributed by atoms with Crippen LogP contribution in [0.3, 0.4) is 0 Å². The zero-order valence-corrected chi connectivity index (χ0v) is 14.1. The van der Waals surface area contributed by atoms with E-state index in [1.165, 1.54) is 6.26 Å². The fraction of sp³-hybridized carbons (Fsp3) is 0.450. The minimum Gasteiger partial charge on any atom is -0.467 e. The van der Waals surface area contributed by atoms with Gasteiger partial charge in [-0.1, -0.05) is 30.3 Å². The third kappa shape index (κ3) is 3.48. The first-order valence-corrected chi connectivity index (χ1v) is 8.90. The number of amides is 1. The van der Waals surface area contributed by atoms with Gasteiger partial charge in [-0.2, -0.15) is 0 Å². The molecule has 5 heteroatoms. The average molecular weight is 341 g/mol. The summed E-state index contributed by atoms with van der Waals surface area (Å²) in [6.45, 7) is 0.695. The first kappa shape index (κ1) is 16.4. The molecule has 0 aliphatic carbocycles. The number of aliphatic hydroxyl groups excluding tert-OH is 1. The summed E-state index contributed by atoms with van der Waals surface area (Å²) in [5.74, 6) is 0.461. The van der Waals surface area contributed by atoms with Gasteiger partial charge >= 0.3 is 0 Å². The molecule has 4 atom stereocenters. The Hall–Kier alpha value is -2.11. The van der Waals surface area contributed by atoms with E-state index in [-0.39, 0.29) is 30.6 Å². The number of aliphatic hydroxyl groups is 1. The Bertz CT molecular complexity index is 700. The van der Waals surface area contributed by atoms with E-state index in [1.807, 2.05) is 30.3 Å². The van der Waals surface area contributed by atoms with Crippen LogP contribution < -0.4 is 0 Å². The second kappa shape index (κ2) is 7.02. The molecule has 0 radical (unpaired) electrons. The van der Waals surface area contributed by atoms with Gasteiger partial charge in [-0.05, 0) is 37.0 Å². The maximum atomic E-state index is 13.1. The van der Waals surface area contributed by atoms with Gasteiger partial charge in [0.25, 0.3) is 0 Å². The van der Waals surface area contributed by atoms with Crippen molar-refractivity contribution in [2.75, 3.05) is 6.54 Å². The van der Waals surface area contributed by atoms with Crippen LogP contribution in [-0.2, 0) is 16.1 Å². The maximum absolute atomic E-state index is 13.1. The van der Waals surface area contributed by atoms with Gasteiger partial charge in [0.05, 0.1) is 30.9 Å². The van der Waals surface area contributed by atoms with Crippen molar-refractivity contribution in [3.8, 4) is 0 Å². The number of benzene rings is 1. The highest BCUT2D eigenvalue weighted by Crippen LogP contribution is 2.40. The lowest BCUT2D eigenvalue weighted by molar-refractivity contribution is -0.139. The second-order valence-corrected chi connectivity index (χ2v) is 6.95. The van der Waals surface area contributed by atoms with Crippen LogP contribution >= 0.6 is 0 Å². The molecule has 132 valence electrons. The monoisotopic (exact) mass is 341 g/mol. The average Bonchev–Trinajstić information content (AvgIpc) is 3.38. The molecule has 0 spiro atoms. The van der Waals surface area contributed by atoms with E-state index < -0.39 is 6.10 Å². The Labute approximate surface area is 147 Å². The number of hydrogen-bond donors (Lipinski definition) is 1. The largest absolute Gasteiger partial charge is 0.467 e. The van der Waals surface area contributed by atoms with Crippen LogP contribution in [-0.4, -0.2) is 34.7 Å². The Morgan fingerprint density at radius 3 is 2.68 bits per heavy atom. The summed E-state index contributed by atoms with van der Waals surface area (Å²) in [6, 6.07) is 13.3. The van der Waals surface area contributed by atoms with Gasteiger partial charge < -0.3 is 19.2 Å². The fourth-order valence-corrected chi connectivity index (χ4v) is 3.95. The molecule has 3 heterocycles. The number of nitrogens with zero attached hydrogens (tertiary/aromatic N) is 1. The number of ether oxygens (including phenoxy) is 1. The molecule has 1 N–H and O–H groups in total.